The number of hydrogen-bond acceptors (Lipinski definition) is 4. The maximum Gasteiger partial charge on any atom is 0.171 e. The Labute approximate surface area is 95.9 Å². The van der Waals surface area contributed by atoms with Crippen LogP contribution in [0.2, 0.25) is 0 Å². The van der Waals surface area contributed by atoms with Crippen LogP contribution >= 0.6 is 0 Å². The highest BCUT2D eigenvalue weighted by Gasteiger charge is 2.30. The number of rotatable bonds is 5. The molecule has 1 aromatic heterocycles. The highest BCUT2D eigenvalue weighted by Crippen LogP contribution is 2.35. The molecule has 0 radical (unpaired) electrons. The van der Waals surface area contributed by atoms with E-state index in [1.165, 1.54) is 25.7 Å². The van der Waals surface area contributed by atoms with Crippen molar-refractivity contribution in [3.05, 3.63) is 12.4 Å². The van der Waals surface area contributed by atoms with Crippen molar-refractivity contribution >= 4 is 11.6 Å². The summed E-state index contributed by atoms with van der Waals surface area (Å²) in [5.41, 5.74) is 5.90. The fourth-order valence-electron chi connectivity index (χ4n) is 2.06. The van der Waals surface area contributed by atoms with Gasteiger partial charge in [-0.25, -0.2) is 9.97 Å². The van der Waals surface area contributed by atoms with Gasteiger partial charge in [0, 0.05) is 25.5 Å². The molecule has 0 amide bonds. The molecule has 0 saturated heterocycles. The zero-order valence-electron chi connectivity index (χ0n) is 9.47. The predicted molar refractivity (Wildman–Crippen MR) is 64.1 cm³/mol. The number of nitrogens with zero attached hydrogens (tertiary/aromatic N) is 3. The third-order valence-corrected chi connectivity index (χ3v) is 3.36. The van der Waals surface area contributed by atoms with Gasteiger partial charge in [0.2, 0.25) is 0 Å². The molecular weight excluding hydrogens is 200 g/mol. The van der Waals surface area contributed by atoms with E-state index in [0.29, 0.717) is 5.82 Å². The molecule has 2 saturated carbocycles. The second-order valence-electron chi connectivity index (χ2n) is 5.06. The van der Waals surface area contributed by atoms with Gasteiger partial charge >= 0.3 is 0 Å². The third-order valence-electron chi connectivity index (χ3n) is 3.36. The lowest BCUT2D eigenvalue weighted by molar-refractivity contribution is 0.671. The summed E-state index contributed by atoms with van der Waals surface area (Å²) in [6.07, 6.45) is 8.84. The van der Waals surface area contributed by atoms with Crippen LogP contribution < -0.4 is 10.6 Å². The molecular formula is C12H18N4. The quantitative estimate of drug-likeness (QED) is 0.817. The van der Waals surface area contributed by atoms with Gasteiger partial charge < -0.3 is 10.6 Å². The maximum absolute atomic E-state index is 5.90. The van der Waals surface area contributed by atoms with E-state index in [1.807, 2.05) is 0 Å². The van der Waals surface area contributed by atoms with Crippen molar-refractivity contribution in [2.75, 3.05) is 23.7 Å². The zero-order chi connectivity index (χ0) is 11.0. The van der Waals surface area contributed by atoms with Crippen LogP contribution in [0.1, 0.15) is 25.7 Å². The van der Waals surface area contributed by atoms with Crippen LogP contribution in [0.3, 0.4) is 0 Å². The molecule has 0 atom stereocenters. The largest absolute Gasteiger partial charge is 0.381 e. The fourth-order valence-corrected chi connectivity index (χ4v) is 2.06. The average Bonchev–Trinajstić information content (AvgIpc) is 3.12. The minimum absolute atomic E-state index is 0.573. The Bertz CT molecular complexity index is 357. The first kappa shape index (κ1) is 9.87. The van der Waals surface area contributed by atoms with Gasteiger partial charge in [0.05, 0.1) is 0 Å². The van der Waals surface area contributed by atoms with Crippen molar-refractivity contribution in [2.24, 2.45) is 11.8 Å². The highest BCUT2D eigenvalue weighted by molar-refractivity contribution is 5.57. The van der Waals surface area contributed by atoms with Crippen molar-refractivity contribution in [2.45, 2.75) is 25.7 Å². The highest BCUT2D eigenvalue weighted by atomic mass is 15.2. The Kier molecular flexibility index (Phi) is 2.42. The lowest BCUT2D eigenvalue weighted by Gasteiger charge is -2.24. The van der Waals surface area contributed by atoms with E-state index in [-0.39, 0.29) is 0 Å². The average molecular weight is 218 g/mol. The molecule has 3 rings (SSSR count). The Morgan fingerprint density at radius 3 is 2.12 bits per heavy atom. The van der Waals surface area contributed by atoms with E-state index in [2.05, 4.69) is 14.9 Å². The van der Waals surface area contributed by atoms with Gasteiger partial charge in [0.1, 0.15) is 0 Å². The van der Waals surface area contributed by atoms with Gasteiger partial charge in [0.15, 0.2) is 11.6 Å². The van der Waals surface area contributed by atoms with E-state index in [0.717, 1.165) is 30.7 Å². The van der Waals surface area contributed by atoms with Gasteiger partial charge in [-0.1, -0.05) is 0 Å². The Hall–Kier alpha value is -1.32. The second kappa shape index (κ2) is 3.92. The smallest absolute Gasteiger partial charge is 0.171 e. The van der Waals surface area contributed by atoms with Gasteiger partial charge in [-0.2, -0.15) is 0 Å². The number of nitrogen functional groups attached to an aromatic ring is 1. The third kappa shape index (κ3) is 2.26. The summed E-state index contributed by atoms with van der Waals surface area (Å²) in [4.78, 5) is 10.9. The first-order chi connectivity index (χ1) is 7.83. The van der Waals surface area contributed by atoms with Crippen molar-refractivity contribution in [1.82, 2.24) is 9.97 Å². The molecule has 0 aromatic carbocycles. The van der Waals surface area contributed by atoms with Gasteiger partial charge in [-0.05, 0) is 37.5 Å². The molecule has 1 aromatic rings. The number of nitrogens with two attached hydrogens (primary N) is 1. The summed E-state index contributed by atoms with van der Waals surface area (Å²) < 4.78 is 0. The van der Waals surface area contributed by atoms with Crippen LogP contribution in [-0.4, -0.2) is 23.1 Å². The molecule has 0 bridgehead atoms. The molecule has 16 heavy (non-hydrogen) atoms. The molecule has 0 spiro atoms. The Morgan fingerprint density at radius 1 is 1.06 bits per heavy atom. The van der Waals surface area contributed by atoms with Crippen LogP contribution in [0.5, 0.6) is 0 Å². The molecule has 1 heterocycles. The summed E-state index contributed by atoms with van der Waals surface area (Å²) in [5, 5.41) is 0. The lowest BCUT2D eigenvalue weighted by atomic mass is 10.3. The van der Waals surface area contributed by atoms with Crippen molar-refractivity contribution in [3.63, 3.8) is 0 Å². The van der Waals surface area contributed by atoms with Gasteiger partial charge in [-0.3, -0.25) is 0 Å². The molecule has 0 aliphatic heterocycles. The van der Waals surface area contributed by atoms with Crippen LogP contribution in [-0.2, 0) is 0 Å². The summed E-state index contributed by atoms with van der Waals surface area (Å²) in [5.74, 6) is 3.19. The second-order valence-corrected chi connectivity index (χ2v) is 5.06. The maximum atomic E-state index is 5.90. The standard InChI is InChI=1S/C12H18N4/c13-11-12(15-6-5-14-11)16(7-9-1-2-9)8-10-3-4-10/h5-6,9-10H,1-4,7-8H2,(H2,13,14). The molecule has 2 aliphatic carbocycles. The summed E-state index contributed by atoms with van der Waals surface area (Å²) in [6.45, 7) is 2.22. The topological polar surface area (TPSA) is 55.0 Å². The van der Waals surface area contributed by atoms with Crippen molar-refractivity contribution in [1.29, 1.82) is 0 Å². The zero-order valence-corrected chi connectivity index (χ0v) is 9.47. The molecule has 4 heteroatoms. The number of hydrogen-bond donors (Lipinski definition) is 1. The minimum Gasteiger partial charge on any atom is -0.381 e. The summed E-state index contributed by atoms with van der Waals surface area (Å²) in [7, 11) is 0. The van der Waals surface area contributed by atoms with E-state index in [1.54, 1.807) is 12.4 Å². The molecule has 2 aliphatic rings. The van der Waals surface area contributed by atoms with E-state index in [4.69, 9.17) is 5.73 Å². The fraction of sp³-hybridized carbons (Fsp3) is 0.667. The first-order valence-corrected chi connectivity index (χ1v) is 6.14. The predicted octanol–water partition coefficient (Wildman–Crippen LogP) is 1.69. The van der Waals surface area contributed by atoms with Gasteiger partial charge in [-0.15, -0.1) is 0 Å². The molecule has 4 nitrogen and oxygen atoms in total. The van der Waals surface area contributed by atoms with Crippen LogP contribution in [0.15, 0.2) is 12.4 Å². The van der Waals surface area contributed by atoms with Crippen LogP contribution in [0.4, 0.5) is 11.6 Å². The number of aromatic nitrogens is 2. The van der Waals surface area contributed by atoms with E-state index < -0.39 is 0 Å². The van der Waals surface area contributed by atoms with Crippen LogP contribution in [0, 0.1) is 11.8 Å². The Balaban J connectivity index is 1.76. The molecule has 2 fully saturated rings. The summed E-state index contributed by atoms with van der Waals surface area (Å²) in [6, 6.07) is 0. The van der Waals surface area contributed by atoms with Crippen molar-refractivity contribution < 1.29 is 0 Å². The Morgan fingerprint density at radius 2 is 1.62 bits per heavy atom. The van der Waals surface area contributed by atoms with Crippen LogP contribution in [0.25, 0.3) is 0 Å². The molecule has 2 N–H and O–H groups in total. The monoisotopic (exact) mass is 218 g/mol. The first-order valence-electron chi connectivity index (χ1n) is 6.14. The SMILES string of the molecule is Nc1nccnc1N(CC1CC1)CC1CC1. The van der Waals surface area contributed by atoms with E-state index >= 15 is 0 Å². The molecule has 0 unspecified atom stereocenters. The minimum atomic E-state index is 0.573. The molecule has 86 valence electrons. The number of anilines is 2. The lowest BCUT2D eigenvalue weighted by Crippen LogP contribution is -2.29. The summed E-state index contributed by atoms with van der Waals surface area (Å²) >= 11 is 0. The van der Waals surface area contributed by atoms with Crippen molar-refractivity contribution in [3.8, 4) is 0 Å². The van der Waals surface area contributed by atoms with E-state index in [9.17, 15) is 0 Å². The normalized spacial score (nSPS) is 19.8. The van der Waals surface area contributed by atoms with Gasteiger partial charge in [0.25, 0.3) is 0 Å².